The molecule has 10 heteroatoms. The van der Waals surface area contributed by atoms with Gasteiger partial charge in [0.25, 0.3) is 5.91 Å². The number of halogens is 1. The van der Waals surface area contributed by atoms with E-state index in [0.29, 0.717) is 30.0 Å². The molecule has 3 rings (SSSR count). The van der Waals surface area contributed by atoms with E-state index in [1.165, 1.54) is 20.3 Å². The molecule has 8 nitrogen and oxygen atoms in total. The normalized spacial score (nSPS) is 11.1. The highest BCUT2D eigenvalue weighted by atomic mass is 32.2. The SMILES string of the molecule is COCCN(Cc1ccc(OC)c(OS(=O)(=O)c2ccc(F)cc2)c1)C(=O)c1ccc(OC)cc1. The fourth-order valence-electron chi connectivity index (χ4n) is 3.24. The Morgan fingerprint density at radius 1 is 0.886 bits per heavy atom. The van der Waals surface area contributed by atoms with Gasteiger partial charge in [0, 0.05) is 25.8 Å². The molecule has 1 amide bonds. The molecule has 0 saturated carbocycles. The van der Waals surface area contributed by atoms with Crippen molar-refractivity contribution in [2.24, 2.45) is 0 Å². The van der Waals surface area contributed by atoms with Crippen molar-refractivity contribution in [3.8, 4) is 17.2 Å². The van der Waals surface area contributed by atoms with E-state index in [4.69, 9.17) is 18.4 Å². The number of hydrogen-bond acceptors (Lipinski definition) is 7. The number of amides is 1. The summed E-state index contributed by atoms with van der Waals surface area (Å²) < 4.78 is 59.5. The number of ether oxygens (including phenoxy) is 3. The lowest BCUT2D eigenvalue weighted by atomic mass is 10.1. The molecule has 3 aromatic rings. The van der Waals surface area contributed by atoms with Crippen LogP contribution in [0.1, 0.15) is 15.9 Å². The Bertz CT molecular complexity index is 1250. The van der Waals surface area contributed by atoms with E-state index in [0.717, 1.165) is 24.3 Å². The first kappa shape index (κ1) is 26.0. The monoisotopic (exact) mass is 503 g/mol. The largest absolute Gasteiger partial charge is 0.497 e. The van der Waals surface area contributed by atoms with Crippen molar-refractivity contribution in [3.05, 3.63) is 83.7 Å². The van der Waals surface area contributed by atoms with Gasteiger partial charge in [0.05, 0.1) is 20.8 Å². The second kappa shape index (κ2) is 11.7. The molecule has 0 radical (unpaired) electrons. The zero-order valence-electron chi connectivity index (χ0n) is 19.6. The zero-order valence-corrected chi connectivity index (χ0v) is 20.4. The van der Waals surface area contributed by atoms with Crippen molar-refractivity contribution in [2.75, 3.05) is 34.5 Å². The molecular weight excluding hydrogens is 477 g/mol. The van der Waals surface area contributed by atoms with Crippen LogP contribution in [0.3, 0.4) is 0 Å². The van der Waals surface area contributed by atoms with Gasteiger partial charge in [-0.2, -0.15) is 8.42 Å². The highest BCUT2D eigenvalue weighted by Gasteiger charge is 2.21. The highest BCUT2D eigenvalue weighted by Crippen LogP contribution is 2.31. The Hall–Kier alpha value is -3.63. The van der Waals surface area contributed by atoms with Crippen molar-refractivity contribution in [3.63, 3.8) is 0 Å². The summed E-state index contributed by atoms with van der Waals surface area (Å²) in [5.74, 6) is -0.0466. The molecule has 0 fully saturated rings. The summed E-state index contributed by atoms with van der Waals surface area (Å²) >= 11 is 0. The van der Waals surface area contributed by atoms with Crippen molar-refractivity contribution in [2.45, 2.75) is 11.4 Å². The van der Waals surface area contributed by atoms with Crippen LogP contribution in [-0.4, -0.2) is 53.7 Å². The minimum absolute atomic E-state index is 0.0575. The molecule has 0 N–H and O–H groups in total. The summed E-state index contributed by atoms with van der Waals surface area (Å²) in [5.41, 5.74) is 1.07. The Kier molecular flexibility index (Phi) is 8.67. The topological polar surface area (TPSA) is 91.4 Å². The number of rotatable bonds is 11. The Morgan fingerprint density at radius 3 is 2.17 bits per heavy atom. The van der Waals surface area contributed by atoms with Crippen LogP contribution in [0.5, 0.6) is 17.2 Å². The lowest BCUT2D eigenvalue weighted by molar-refractivity contribution is 0.0680. The summed E-state index contributed by atoms with van der Waals surface area (Å²) in [5, 5.41) is 0. The van der Waals surface area contributed by atoms with Gasteiger partial charge in [0.15, 0.2) is 11.5 Å². The second-order valence-corrected chi connectivity index (χ2v) is 8.97. The van der Waals surface area contributed by atoms with E-state index in [1.807, 2.05) is 0 Å². The average molecular weight is 504 g/mol. The first-order valence-corrected chi connectivity index (χ1v) is 12.0. The van der Waals surface area contributed by atoms with E-state index in [1.54, 1.807) is 48.4 Å². The van der Waals surface area contributed by atoms with E-state index in [2.05, 4.69) is 0 Å². The third kappa shape index (κ3) is 6.71. The van der Waals surface area contributed by atoms with E-state index in [9.17, 15) is 17.6 Å². The van der Waals surface area contributed by atoms with Crippen molar-refractivity contribution < 1.29 is 36.0 Å². The van der Waals surface area contributed by atoms with E-state index < -0.39 is 15.9 Å². The summed E-state index contributed by atoms with van der Waals surface area (Å²) in [7, 11) is 0.213. The summed E-state index contributed by atoms with van der Waals surface area (Å²) in [6.07, 6.45) is 0. The molecule has 0 aromatic heterocycles. The van der Waals surface area contributed by atoms with Gasteiger partial charge in [-0.15, -0.1) is 0 Å². The quantitative estimate of drug-likeness (QED) is 0.367. The fraction of sp³-hybridized carbons (Fsp3) is 0.240. The van der Waals surface area contributed by atoms with Crippen molar-refractivity contribution >= 4 is 16.0 Å². The first-order chi connectivity index (χ1) is 16.8. The third-order valence-electron chi connectivity index (χ3n) is 5.09. The lowest BCUT2D eigenvalue weighted by Gasteiger charge is -2.23. The van der Waals surface area contributed by atoms with Gasteiger partial charge in [0.2, 0.25) is 0 Å². The summed E-state index contributed by atoms with van der Waals surface area (Å²) in [6, 6.07) is 15.8. The maximum Gasteiger partial charge on any atom is 0.339 e. The summed E-state index contributed by atoms with van der Waals surface area (Å²) in [4.78, 5) is 14.5. The number of hydrogen-bond donors (Lipinski definition) is 0. The second-order valence-electron chi connectivity index (χ2n) is 7.42. The first-order valence-electron chi connectivity index (χ1n) is 10.6. The number of methoxy groups -OCH3 is 3. The van der Waals surface area contributed by atoms with Crippen LogP contribution in [-0.2, 0) is 21.4 Å². The van der Waals surface area contributed by atoms with Gasteiger partial charge in [-0.25, -0.2) is 4.39 Å². The molecule has 0 aliphatic carbocycles. The van der Waals surface area contributed by atoms with Crippen LogP contribution in [0, 0.1) is 5.82 Å². The fourth-order valence-corrected chi connectivity index (χ4v) is 4.17. The molecule has 35 heavy (non-hydrogen) atoms. The summed E-state index contributed by atoms with van der Waals surface area (Å²) in [6.45, 7) is 0.767. The van der Waals surface area contributed by atoms with E-state index >= 15 is 0 Å². The van der Waals surface area contributed by atoms with Crippen molar-refractivity contribution in [1.82, 2.24) is 4.90 Å². The highest BCUT2D eigenvalue weighted by molar-refractivity contribution is 7.87. The predicted molar refractivity (Wildman–Crippen MR) is 127 cm³/mol. The molecule has 3 aromatic carbocycles. The molecule has 0 atom stereocenters. The van der Waals surface area contributed by atoms with Gasteiger partial charge in [0.1, 0.15) is 16.5 Å². The Labute approximate surface area is 203 Å². The number of nitrogens with zero attached hydrogens (tertiary/aromatic N) is 1. The Balaban J connectivity index is 1.87. The van der Waals surface area contributed by atoms with Crippen LogP contribution in [0.15, 0.2) is 71.6 Å². The van der Waals surface area contributed by atoms with Gasteiger partial charge in [-0.05, 0) is 66.2 Å². The number of carbonyl (C=O) groups excluding carboxylic acids is 1. The minimum atomic E-state index is -4.25. The standard InChI is InChI=1S/C25H26FNO7S/c1-31-15-14-27(25(28)19-5-9-21(32-2)10-6-19)17-18-4-13-23(33-3)24(16-18)34-35(29,30)22-11-7-20(26)8-12-22/h4-13,16H,14-15,17H2,1-3H3. The van der Waals surface area contributed by atoms with Crippen molar-refractivity contribution in [1.29, 1.82) is 0 Å². The van der Waals surface area contributed by atoms with Crippen LogP contribution in [0.2, 0.25) is 0 Å². The molecule has 0 spiro atoms. The van der Waals surface area contributed by atoms with Crippen LogP contribution in [0.25, 0.3) is 0 Å². The molecular formula is C25H26FNO7S. The third-order valence-corrected chi connectivity index (χ3v) is 6.34. The molecule has 0 unspecified atom stereocenters. The van der Waals surface area contributed by atoms with Gasteiger partial charge >= 0.3 is 10.1 Å². The maximum absolute atomic E-state index is 13.2. The molecule has 0 aliphatic heterocycles. The average Bonchev–Trinajstić information content (AvgIpc) is 2.86. The van der Waals surface area contributed by atoms with Crippen LogP contribution < -0.4 is 13.7 Å². The van der Waals surface area contributed by atoms with E-state index in [-0.39, 0.29) is 28.8 Å². The number of benzene rings is 3. The maximum atomic E-state index is 13.2. The number of carbonyl (C=O) groups is 1. The predicted octanol–water partition coefficient (Wildman–Crippen LogP) is 3.90. The van der Waals surface area contributed by atoms with Crippen LogP contribution >= 0.6 is 0 Å². The minimum Gasteiger partial charge on any atom is -0.497 e. The van der Waals surface area contributed by atoms with Gasteiger partial charge in [-0.1, -0.05) is 6.07 Å². The Morgan fingerprint density at radius 2 is 1.57 bits per heavy atom. The molecule has 0 bridgehead atoms. The van der Waals surface area contributed by atoms with Crippen LogP contribution in [0.4, 0.5) is 4.39 Å². The lowest BCUT2D eigenvalue weighted by Crippen LogP contribution is -2.33. The van der Waals surface area contributed by atoms with Gasteiger partial charge < -0.3 is 23.3 Å². The molecule has 0 saturated heterocycles. The smallest absolute Gasteiger partial charge is 0.339 e. The zero-order chi connectivity index (χ0) is 25.4. The molecule has 0 aliphatic rings. The van der Waals surface area contributed by atoms with Gasteiger partial charge in [-0.3, -0.25) is 4.79 Å². The molecule has 186 valence electrons. The molecule has 0 heterocycles.